The van der Waals surface area contributed by atoms with Crippen LogP contribution in [0.3, 0.4) is 0 Å². The number of ether oxygens (including phenoxy) is 2. The molecule has 0 aliphatic rings. The van der Waals surface area contributed by atoms with Gasteiger partial charge >= 0.3 is 18.4 Å². The van der Waals surface area contributed by atoms with Crippen LogP contribution in [-0.4, -0.2) is 54.5 Å². The Morgan fingerprint density at radius 1 is 1.00 bits per heavy atom. The maximum atomic E-state index is 11.5. The molecule has 9 heteroatoms. The molecule has 6 N–H and O–H groups in total. The predicted molar refractivity (Wildman–Crippen MR) is 77.5 cm³/mol. The highest BCUT2D eigenvalue weighted by atomic mass is 32.2. The molecule has 0 aliphatic heterocycles. The normalized spacial score (nSPS) is 15.4. The van der Waals surface area contributed by atoms with E-state index in [1.165, 1.54) is 11.8 Å². The van der Waals surface area contributed by atoms with Crippen LogP contribution in [-0.2, 0) is 19.1 Å². The van der Waals surface area contributed by atoms with Gasteiger partial charge in [0, 0.05) is 5.75 Å². The fourth-order valence-electron chi connectivity index (χ4n) is 1.04. The fourth-order valence-corrected chi connectivity index (χ4v) is 2.02. The van der Waals surface area contributed by atoms with Gasteiger partial charge < -0.3 is 20.9 Å². The zero-order valence-electron chi connectivity index (χ0n) is 11.0. The molecule has 0 saturated carbocycles. The maximum absolute atomic E-state index is 11.5. The number of hydrogen-bond acceptors (Lipinski definition) is 9. The lowest BCUT2D eigenvalue weighted by Gasteiger charge is -2.18. The van der Waals surface area contributed by atoms with Crippen LogP contribution >= 0.6 is 23.5 Å². The Hall–Kier alpha value is -0.480. The number of nitrogens with two attached hydrogens (primary N) is 3. The van der Waals surface area contributed by atoms with E-state index in [0.717, 1.165) is 5.75 Å². The second-order valence-electron chi connectivity index (χ2n) is 3.69. The molecular weight excluding hydrogens is 290 g/mol. The Balaban J connectivity index is 4.05. The summed E-state index contributed by atoms with van der Waals surface area (Å²) in [5.74, 6) is -0.295. The standard InChI is InChI=1S/C10H21N3O4S2/c1-18-4-3-6(11)8(14)16-10(13)17-9(15)7(12)5-19-2/h6-7,10H,3-5,11-13H2,1-2H3. The summed E-state index contributed by atoms with van der Waals surface area (Å²) < 4.78 is 9.39. The predicted octanol–water partition coefficient (Wildman–Crippen LogP) is -0.914. The number of thioether (sulfide) groups is 2. The topological polar surface area (TPSA) is 131 Å². The second kappa shape index (κ2) is 10.3. The maximum Gasteiger partial charge on any atom is 0.327 e. The van der Waals surface area contributed by atoms with E-state index in [2.05, 4.69) is 4.74 Å². The summed E-state index contributed by atoms with van der Waals surface area (Å²) in [5, 5.41) is 0. The largest absolute Gasteiger partial charge is 0.410 e. The van der Waals surface area contributed by atoms with E-state index in [4.69, 9.17) is 21.9 Å². The van der Waals surface area contributed by atoms with E-state index in [9.17, 15) is 9.59 Å². The molecule has 0 spiro atoms. The molecule has 0 aromatic rings. The molecule has 3 unspecified atom stereocenters. The number of carbonyl (C=O) groups is 2. The molecule has 112 valence electrons. The van der Waals surface area contributed by atoms with Gasteiger partial charge in [0.2, 0.25) is 0 Å². The minimum atomic E-state index is -1.48. The van der Waals surface area contributed by atoms with Gasteiger partial charge in [-0.25, -0.2) is 0 Å². The van der Waals surface area contributed by atoms with Gasteiger partial charge in [-0.05, 0) is 24.7 Å². The van der Waals surface area contributed by atoms with E-state index in [0.29, 0.717) is 12.2 Å². The van der Waals surface area contributed by atoms with Crippen molar-refractivity contribution in [3.05, 3.63) is 0 Å². The molecule has 0 aliphatic carbocycles. The van der Waals surface area contributed by atoms with Gasteiger partial charge in [-0.2, -0.15) is 23.5 Å². The monoisotopic (exact) mass is 311 g/mol. The SMILES string of the molecule is CSCCC(N)C(=O)OC(N)OC(=O)C(N)CSC. The van der Waals surface area contributed by atoms with Crippen LogP contribution in [0.2, 0.25) is 0 Å². The van der Waals surface area contributed by atoms with Crippen molar-refractivity contribution in [2.24, 2.45) is 17.2 Å². The first kappa shape index (κ1) is 18.5. The fraction of sp³-hybridized carbons (Fsp3) is 0.800. The van der Waals surface area contributed by atoms with Crippen molar-refractivity contribution in [2.45, 2.75) is 24.9 Å². The van der Waals surface area contributed by atoms with E-state index in [1.807, 2.05) is 6.26 Å². The van der Waals surface area contributed by atoms with Crippen molar-refractivity contribution >= 4 is 35.5 Å². The third kappa shape index (κ3) is 8.32. The average Bonchev–Trinajstić information content (AvgIpc) is 2.35. The molecule has 0 amide bonds. The van der Waals surface area contributed by atoms with Gasteiger partial charge in [0.15, 0.2) is 0 Å². The Bertz CT molecular complexity index is 294. The van der Waals surface area contributed by atoms with Crippen molar-refractivity contribution in [3.8, 4) is 0 Å². The van der Waals surface area contributed by atoms with Crippen molar-refractivity contribution in [2.75, 3.05) is 24.0 Å². The first-order valence-corrected chi connectivity index (χ1v) is 8.36. The third-order valence-corrected chi connectivity index (χ3v) is 3.39. The number of hydrogen-bond donors (Lipinski definition) is 3. The molecular formula is C10H21N3O4S2. The average molecular weight is 311 g/mol. The highest BCUT2D eigenvalue weighted by Gasteiger charge is 2.22. The number of carbonyl (C=O) groups excluding carboxylic acids is 2. The molecule has 19 heavy (non-hydrogen) atoms. The van der Waals surface area contributed by atoms with Gasteiger partial charge in [0.25, 0.3) is 0 Å². The van der Waals surface area contributed by atoms with Gasteiger partial charge in [-0.15, -0.1) is 0 Å². The Morgan fingerprint density at radius 3 is 2.00 bits per heavy atom. The van der Waals surface area contributed by atoms with Crippen LogP contribution in [0.15, 0.2) is 0 Å². The van der Waals surface area contributed by atoms with Crippen LogP contribution in [0.4, 0.5) is 0 Å². The summed E-state index contributed by atoms with van der Waals surface area (Å²) in [6.07, 6.45) is 2.69. The Morgan fingerprint density at radius 2 is 1.53 bits per heavy atom. The second-order valence-corrected chi connectivity index (χ2v) is 5.59. The summed E-state index contributed by atoms with van der Waals surface area (Å²) in [6, 6.07) is -1.58. The molecule has 0 radical (unpaired) electrons. The minimum absolute atomic E-state index is 0.396. The van der Waals surface area contributed by atoms with E-state index < -0.39 is 30.4 Å². The van der Waals surface area contributed by atoms with Crippen LogP contribution in [0.1, 0.15) is 6.42 Å². The lowest BCUT2D eigenvalue weighted by Crippen LogP contribution is -2.43. The first-order valence-electron chi connectivity index (χ1n) is 5.58. The molecule has 7 nitrogen and oxygen atoms in total. The molecule has 0 bridgehead atoms. The molecule has 3 atom stereocenters. The van der Waals surface area contributed by atoms with Crippen LogP contribution in [0, 0.1) is 0 Å². The number of esters is 2. The van der Waals surface area contributed by atoms with E-state index in [1.54, 1.807) is 18.0 Å². The van der Waals surface area contributed by atoms with E-state index in [-0.39, 0.29) is 0 Å². The molecule has 0 aromatic heterocycles. The summed E-state index contributed by atoms with van der Waals surface area (Å²) >= 11 is 2.96. The van der Waals surface area contributed by atoms with Gasteiger partial charge in [0.05, 0.1) is 0 Å². The highest BCUT2D eigenvalue weighted by molar-refractivity contribution is 7.98. The van der Waals surface area contributed by atoms with Crippen molar-refractivity contribution in [1.82, 2.24) is 0 Å². The van der Waals surface area contributed by atoms with Crippen molar-refractivity contribution in [1.29, 1.82) is 0 Å². The summed E-state index contributed by atoms with van der Waals surface area (Å²) in [7, 11) is 0. The molecule has 0 rings (SSSR count). The lowest BCUT2D eigenvalue weighted by molar-refractivity contribution is -0.188. The van der Waals surface area contributed by atoms with Gasteiger partial charge in [-0.1, -0.05) is 0 Å². The molecule has 0 aromatic carbocycles. The smallest absolute Gasteiger partial charge is 0.327 e. The van der Waals surface area contributed by atoms with Crippen LogP contribution in [0.5, 0.6) is 0 Å². The summed E-state index contributed by atoms with van der Waals surface area (Å²) in [4.78, 5) is 22.9. The third-order valence-electron chi connectivity index (χ3n) is 2.05. The number of rotatable bonds is 9. The first-order chi connectivity index (χ1) is 8.92. The van der Waals surface area contributed by atoms with Crippen molar-refractivity contribution < 1.29 is 19.1 Å². The van der Waals surface area contributed by atoms with Gasteiger partial charge in [-0.3, -0.25) is 15.3 Å². The van der Waals surface area contributed by atoms with Gasteiger partial charge in [0.1, 0.15) is 12.1 Å². The lowest BCUT2D eigenvalue weighted by atomic mass is 10.2. The quantitative estimate of drug-likeness (QED) is 0.365. The summed E-state index contributed by atoms with van der Waals surface area (Å²) in [6.45, 7) is 0. The Kier molecular flexibility index (Phi) is 10.1. The molecule has 0 heterocycles. The highest BCUT2D eigenvalue weighted by Crippen LogP contribution is 2.03. The van der Waals surface area contributed by atoms with E-state index >= 15 is 0 Å². The molecule has 0 saturated heterocycles. The van der Waals surface area contributed by atoms with Crippen LogP contribution < -0.4 is 17.2 Å². The zero-order chi connectivity index (χ0) is 14.8. The van der Waals surface area contributed by atoms with Crippen molar-refractivity contribution in [3.63, 3.8) is 0 Å². The zero-order valence-corrected chi connectivity index (χ0v) is 12.7. The minimum Gasteiger partial charge on any atom is -0.410 e. The molecule has 0 fully saturated rings. The summed E-state index contributed by atoms with van der Waals surface area (Å²) in [5.41, 5.74) is 16.5. The Labute approximate surface area is 121 Å². The van der Waals surface area contributed by atoms with Crippen LogP contribution in [0.25, 0.3) is 0 Å².